The van der Waals surface area contributed by atoms with E-state index in [1.165, 1.54) is 51.4 Å². The second kappa shape index (κ2) is 11.3. The normalized spacial score (nSPS) is 11.6. The topological polar surface area (TPSA) is 26.3 Å². The van der Waals surface area contributed by atoms with Crippen LogP contribution in [0.15, 0.2) is 0 Å². The van der Waals surface area contributed by atoms with Gasteiger partial charge < -0.3 is 4.74 Å². The summed E-state index contributed by atoms with van der Waals surface area (Å²) < 4.78 is 5.28. The molecule has 0 N–H and O–H groups in total. The Bertz CT molecular complexity index is 216. The number of hydrogen-bond acceptors (Lipinski definition) is 2. The molecule has 0 atom stereocenters. The van der Waals surface area contributed by atoms with Crippen LogP contribution in [0.4, 0.5) is 0 Å². The third-order valence-electron chi connectivity index (χ3n) is 3.15. The summed E-state index contributed by atoms with van der Waals surface area (Å²) in [5.41, 5.74) is -0.338. The molecule has 0 bridgehead atoms. The minimum absolute atomic E-state index is 0.0490. The van der Waals surface area contributed by atoms with Gasteiger partial charge in [0.05, 0.1) is 0 Å². The van der Waals surface area contributed by atoms with Crippen molar-refractivity contribution in [3.63, 3.8) is 0 Å². The van der Waals surface area contributed by atoms with Crippen molar-refractivity contribution >= 4 is 5.97 Å². The molecule has 0 aliphatic rings. The number of carbonyl (C=O) groups is 1. The van der Waals surface area contributed by atoms with Crippen LogP contribution in [0.25, 0.3) is 0 Å². The van der Waals surface area contributed by atoms with Crippen LogP contribution in [0.1, 0.15) is 98.3 Å². The molecule has 0 saturated carbocycles. The summed E-state index contributed by atoms with van der Waals surface area (Å²) in [6, 6.07) is 0. The molecule has 0 aromatic heterocycles. The van der Waals surface area contributed by atoms with E-state index in [0.717, 1.165) is 12.8 Å². The van der Waals surface area contributed by atoms with Crippen molar-refractivity contribution in [1.82, 2.24) is 0 Å². The van der Waals surface area contributed by atoms with Crippen LogP contribution in [-0.2, 0) is 9.53 Å². The molecular formula is C17H34O2. The standard InChI is InChI=1S/C17H34O2/c1-5-6-7-8-9-10-11-12-13-14-15-16(18)19-17(2,3)4/h5-15H2,1-4H3. The van der Waals surface area contributed by atoms with Gasteiger partial charge in [-0.3, -0.25) is 4.79 Å². The van der Waals surface area contributed by atoms with Crippen molar-refractivity contribution < 1.29 is 9.53 Å². The summed E-state index contributed by atoms with van der Waals surface area (Å²) in [5, 5.41) is 0. The van der Waals surface area contributed by atoms with E-state index in [2.05, 4.69) is 6.92 Å². The fourth-order valence-electron chi connectivity index (χ4n) is 2.15. The SMILES string of the molecule is CCCCCCCCCCCCC(=O)OC(C)(C)C. The first kappa shape index (κ1) is 18.5. The highest BCUT2D eigenvalue weighted by molar-refractivity contribution is 5.69. The van der Waals surface area contributed by atoms with Crippen molar-refractivity contribution in [3.05, 3.63) is 0 Å². The zero-order chi connectivity index (χ0) is 14.6. The van der Waals surface area contributed by atoms with Crippen molar-refractivity contribution in [2.45, 2.75) is 104 Å². The van der Waals surface area contributed by atoms with E-state index in [1.54, 1.807) is 0 Å². The molecule has 0 fully saturated rings. The smallest absolute Gasteiger partial charge is 0.306 e. The van der Waals surface area contributed by atoms with Crippen molar-refractivity contribution in [3.8, 4) is 0 Å². The Morgan fingerprint density at radius 3 is 1.63 bits per heavy atom. The maximum absolute atomic E-state index is 11.5. The molecule has 0 rings (SSSR count). The molecule has 0 unspecified atom stereocenters. The zero-order valence-electron chi connectivity index (χ0n) is 13.6. The van der Waals surface area contributed by atoms with Gasteiger partial charge in [0.2, 0.25) is 0 Å². The first-order chi connectivity index (χ1) is 8.95. The van der Waals surface area contributed by atoms with Gasteiger partial charge in [-0.25, -0.2) is 0 Å². The largest absolute Gasteiger partial charge is 0.460 e. The van der Waals surface area contributed by atoms with Gasteiger partial charge in [-0.15, -0.1) is 0 Å². The van der Waals surface area contributed by atoms with E-state index < -0.39 is 0 Å². The van der Waals surface area contributed by atoms with Crippen LogP contribution in [-0.4, -0.2) is 11.6 Å². The number of rotatable bonds is 11. The first-order valence-electron chi connectivity index (χ1n) is 8.17. The fourth-order valence-corrected chi connectivity index (χ4v) is 2.15. The molecule has 0 aromatic rings. The van der Waals surface area contributed by atoms with Gasteiger partial charge in [0.25, 0.3) is 0 Å². The quantitative estimate of drug-likeness (QED) is 0.359. The van der Waals surface area contributed by atoms with E-state index >= 15 is 0 Å². The van der Waals surface area contributed by atoms with Crippen LogP contribution < -0.4 is 0 Å². The van der Waals surface area contributed by atoms with E-state index in [9.17, 15) is 4.79 Å². The number of esters is 1. The Morgan fingerprint density at radius 1 is 0.789 bits per heavy atom. The molecule has 0 radical (unpaired) electrons. The number of ether oxygens (including phenoxy) is 1. The Morgan fingerprint density at radius 2 is 1.21 bits per heavy atom. The van der Waals surface area contributed by atoms with E-state index in [4.69, 9.17) is 4.74 Å². The van der Waals surface area contributed by atoms with Crippen molar-refractivity contribution in [2.75, 3.05) is 0 Å². The predicted octanol–water partition coefficient (Wildman–Crippen LogP) is 5.64. The van der Waals surface area contributed by atoms with E-state index in [0.29, 0.717) is 6.42 Å². The average molecular weight is 270 g/mol. The monoisotopic (exact) mass is 270 g/mol. The predicted molar refractivity (Wildman–Crippen MR) is 82.3 cm³/mol. The average Bonchev–Trinajstić information content (AvgIpc) is 2.29. The van der Waals surface area contributed by atoms with Gasteiger partial charge in [-0.1, -0.05) is 64.7 Å². The number of hydrogen-bond donors (Lipinski definition) is 0. The summed E-state index contributed by atoms with van der Waals surface area (Å²) in [4.78, 5) is 11.5. The van der Waals surface area contributed by atoms with Gasteiger partial charge in [0.15, 0.2) is 0 Å². The molecule has 0 aliphatic carbocycles. The second-order valence-corrected chi connectivity index (χ2v) is 6.52. The lowest BCUT2D eigenvalue weighted by Gasteiger charge is -2.19. The second-order valence-electron chi connectivity index (χ2n) is 6.52. The lowest BCUT2D eigenvalue weighted by molar-refractivity contribution is -0.154. The Kier molecular flexibility index (Phi) is 11.0. The highest BCUT2D eigenvalue weighted by atomic mass is 16.6. The van der Waals surface area contributed by atoms with Crippen molar-refractivity contribution in [2.24, 2.45) is 0 Å². The summed E-state index contributed by atoms with van der Waals surface area (Å²) in [7, 11) is 0. The summed E-state index contributed by atoms with van der Waals surface area (Å²) in [6.07, 6.45) is 13.5. The summed E-state index contributed by atoms with van der Waals surface area (Å²) in [6.45, 7) is 8.01. The lowest BCUT2D eigenvalue weighted by Crippen LogP contribution is -2.23. The van der Waals surface area contributed by atoms with E-state index in [-0.39, 0.29) is 11.6 Å². The Hall–Kier alpha value is -0.530. The van der Waals surface area contributed by atoms with Gasteiger partial charge in [-0.05, 0) is 27.2 Å². The van der Waals surface area contributed by atoms with Crippen LogP contribution in [0, 0.1) is 0 Å². The number of unbranched alkanes of at least 4 members (excludes halogenated alkanes) is 9. The molecule has 0 saturated heterocycles. The highest BCUT2D eigenvalue weighted by Crippen LogP contribution is 2.13. The van der Waals surface area contributed by atoms with Crippen LogP contribution in [0.2, 0.25) is 0 Å². The molecule has 0 aliphatic heterocycles. The third kappa shape index (κ3) is 15.4. The third-order valence-corrected chi connectivity index (χ3v) is 3.15. The molecule has 2 heteroatoms. The van der Waals surface area contributed by atoms with Crippen molar-refractivity contribution in [1.29, 1.82) is 0 Å². The van der Waals surface area contributed by atoms with Gasteiger partial charge >= 0.3 is 5.97 Å². The van der Waals surface area contributed by atoms with Gasteiger partial charge in [0, 0.05) is 6.42 Å². The molecule has 0 amide bonds. The summed E-state index contributed by atoms with van der Waals surface area (Å²) in [5.74, 6) is -0.0490. The van der Waals surface area contributed by atoms with E-state index in [1.807, 2.05) is 20.8 Å². The van der Waals surface area contributed by atoms with Crippen LogP contribution in [0.5, 0.6) is 0 Å². The molecule has 19 heavy (non-hydrogen) atoms. The van der Waals surface area contributed by atoms with Crippen LogP contribution >= 0.6 is 0 Å². The maximum Gasteiger partial charge on any atom is 0.306 e. The molecule has 0 aromatic carbocycles. The Labute approximate surface area is 120 Å². The lowest BCUT2D eigenvalue weighted by atomic mass is 10.1. The molecule has 114 valence electrons. The maximum atomic E-state index is 11.5. The Balaban J connectivity index is 3.21. The summed E-state index contributed by atoms with van der Waals surface area (Å²) >= 11 is 0. The molecule has 0 heterocycles. The minimum atomic E-state index is -0.338. The molecule has 0 spiro atoms. The van der Waals surface area contributed by atoms with Gasteiger partial charge in [-0.2, -0.15) is 0 Å². The molecule has 2 nitrogen and oxygen atoms in total. The number of carbonyl (C=O) groups excluding carboxylic acids is 1. The zero-order valence-corrected chi connectivity index (χ0v) is 13.6. The minimum Gasteiger partial charge on any atom is -0.460 e. The molecular weight excluding hydrogens is 236 g/mol. The highest BCUT2D eigenvalue weighted by Gasteiger charge is 2.15. The fraction of sp³-hybridized carbons (Fsp3) is 0.941. The van der Waals surface area contributed by atoms with Gasteiger partial charge in [0.1, 0.15) is 5.60 Å². The van der Waals surface area contributed by atoms with Crippen LogP contribution in [0.3, 0.4) is 0 Å². The first-order valence-corrected chi connectivity index (χ1v) is 8.17.